The Bertz CT molecular complexity index is 710. The first-order chi connectivity index (χ1) is 17.3. The van der Waals surface area contributed by atoms with Crippen LogP contribution in [0.1, 0.15) is 101 Å². The highest BCUT2D eigenvalue weighted by Crippen LogP contribution is 2.38. The highest BCUT2D eigenvalue weighted by molar-refractivity contribution is 5.85. The summed E-state index contributed by atoms with van der Waals surface area (Å²) < 4.78 is 0. The van der Waals surface area contributed by atoms with Crippen LogP contribution in [0.15, 0.2) is 30.3 Å². The summed E-state index contributed by atoms with van der Waals surface area (Å²) in [5, 5.41) is 7.40. The third-order valence-electron chi connectivity index (χ3n) is 9.02. The average molecular weight is 518 g/mol. The molecular weight excluding hydrogens is 466 g/mol. The molecule has 5 heteroatoms. The highest BCUT2D eigenvalue weighted by Gasteiger charge is 2.35. The summed E-state index contributed by atoms with van der Waals surface area (Å²) in [5.74, 6) is 2.64. The molecule has 0 aromatic heterocycles. The van der Waals surface area contributed by atoms with Gasteiger partial charge in [-0.15, -0.1) is 12.4 Å². The molecule has 204 valence electrons. The number of carbonyl (C=O) groups is 1. The van der Waals surface area contributed by atoms with E-state index >= 15 is 0 Å². The number of nitrogens with zero attached hydrogens (tertiary/aromatic N) is 1. The number of amides is 1. The Morgan fingerprint density at radius 2 is 1.28 bits per heavy atom. The molecule has 1 unspecified atom stereocenters. The first kappa shape index (κ1) is 29.5. The van der Waals surface area contributed by atoms with E-state index in [1.807, 2.05) is 0 Å². The van der Waals surface area contributed by atoms with Crippen molar-refractivity contribution < 1.29 is 4.79 Å². The number of halogens is 1. The van der Waals surface area contributed by atoms with E-state index in [2.05, 4.69) is 45.9 Å². The van der Waals surface area contributed by atoms with Crippen molar-refractivity contribution >= 4 is 18.3 Å². The summed E-state index contributed by atoms with van der Waals surface area (Å²) in [6.45, 7) is 6.52. The van der Waals surface area contributed by atoms with E-state index in [1.54, 1.807) is 0 Å². The van der Waals surface area contributed by atoms with Crippen LogP contribution < -0.4 is 10.6 Å². The molecule has 1 atom stereocenters. The first-order valence-corrected chi connectivity index (χ1v) is 15.1. The fourth-order valence-corrected chi connectivity index (χ4v) is 6.80. The maximum atomic E-state index is 13.7. The third kappa shape index (κ3) is 9.33. The molecule has 1 aliphatic heterocycles. The zero-order valence-corrected chi connectivity index (χ0v) is 23.4. The number of carbonyl (C=O) groups excluding carboxylic acids is 1. The van der Waals surface area contributed by atoms with Gasteiger partial charge in [-0.05, 0) is 101 Å². The van der Waals surface area contributed by atoms with Crippen LogP contribution in [0, 0.1) is 17.8 Å². The number of nitrogens with one attached hydrogen (secondary N) is 2. The minimum absolute atomic E-state index is 0. The molecule has 0 bridgehead atoms. The molecule has 4 rings (SSSR count). The topological polar surface area (TPSA) is 44.4 Å². The van der Waals surface area contributed by atoms with E-state index in [-0.39, 0.29) is 18.3 Å². The van der Waals surface area contributed by atoms with Crippen LogP contribution in [-0.4, -0.2) is 50.1 Å². The molecule has 1 heterocycles. The Morgan fingerprint density at radius 1 is 0.750 bits per heavy atom. The van der Waals surface area contributed by atoms with Gasteiger partial charge in [0.15, 0.2) is 0 Å². The molecular formula is C31H52ClN3O. The van der Waals surface area contributed by atoms with Crippen LogP contribution in [-0.2, 0) is 4.79 Å². The third-order valence-corrected chi connectivity index (χ3v) is 9.02. The summed E-state index contributed by atoms with van der Waals surface area (Å²) >= 11 is 0. The van der Waals surface area contributed by atoms with Gasteiger partial charge in [-0.2, -0.15) is 0 Å². The second-order valence-corrected chi connectivity index (χ2v) is 11.7. The molecule has 2 aliphatic carbocycles. The van der Waals surface area contributed by atoms with E-state index < -0.39 is 0 Å². The number of likely N-dealkylation sites (tertiary alicyclic amines) is 1. The summed E-state index contributed by atoms with van der Waals surface area (Å²) in [6.07, 6.45) is 18.4. The van der Waals surface area contributed by atoms with Crippen LogP contribution in [0.4, 0.5) is 0 Å². The number of benzene rings is 1. The summed E-state index contributed by atoms with van der Waals surface area (Å²) in [6, 6.07) is 10.6. The zero-order valence-electron chi connectivity index (χ0n) is 22.6. The molecule has 0 spiro atoms. The summed E-state index contributed by atoms with van der Waals surface area (Å²) in [5.41, 5.74) is 1.24. The van der Waals surface area contributed by atoms with E-state index in [9.17, 15) is 4.79 Å². The van der Waals surface area contributed by atoms with Gasteiger partial charge in [0.05, 0.1) is 5.92 Å². The lowest BCUT2D eigenvalue weighted by Crippen LogP contribution is -2.44. The van der Waals surface area contributed by atoms with Gasteiger partial charge in [0, 0.05) is 13.1 Å². The molecule has 36 heavy (non-hydrogen) atoms. The predicted molar refractivity (Wildman–Crippen MR) is 154 cm³/mol. The molecule has 1 aromatic carbocycles. The molecule has 3 fully saturated rings. The van der Waals surface area contributed by atoms with Gasteiger partial charge >= 0.3 is 0 Å². The molecule has 4 nitrogen and oxygen atoms in total. The minimum Gasteiger partial charge on any atom is -0.342 e. The normalized spacial score (nSPS) is 21.2. The maximum absolute atomic E-state index is 13.7. The van der Waals surface area contributed by atoms with Gasteiger partial charge in [0.2, 0.25) is 5.91 Å². The van der Waals surface area contributed by atoms with Crippen LogP contribution in [0.5, 0.6) is 0 Å². The second-order valence-electron chi connectivity index (χ2n) is 11.7. The Hall–Kier alpha value is -1.10. The predicted octanol–water partition coefficient (Wildman–Crippen LogP) is 6.55. The molecule has 0 radical (unpaired) electrons. The largest absolute Gasteiger partial charge is 0.342 e. The van der Waals surface area contributed by atoms with Gasteiger partial charge < -0.3 is 15.5 Å². The summed E-state index contributed by atoms with van der Waals surface area (Å²) in [7, 11) is 0. The lowest BCUT2D eigenvalue weighted by Gasteiger charge is -2.37. The van der Waals surface area contributed by atoms with Crippen molar-refractivity contribution in [2.45, 2.75) is 95.8 Å². The number of hydrogen-bond acceptors (Lipinski definition) is 3. The Kier molecular flexibility index (Phi) is 13.6. The molecule has 2 N–H and O–H groups in total. The Balaban J connectivity index is 0.00000361. The molecule has 1 amide bonds. The zero-order chi connectivity index (χ0) is 24.1. The van der Waals surface area contributed by atoms with Gasteiger partial charge in [-0.3, -0.25) is 4.79 Å². The lowest BCUT2D eigenvalue weighted by atomic mass is 9.76. The van der Waals surface area contributed by atoms with Crippen molar-refractivity contribution in [3.63, 3.8) is 0 Å². The van der Waals surface area contributed by atoms with Crippen LogP contribution in [0.3, 0.4) is 0 Å². The van der Waals surface area contributed by atoms with E-state index in [4.69, 9.17) is 0 Å². The molecule has 2 saturated carbocycles. The average Bonchev–Trinajstić information content (AvgIpc) is 2.92. The Morgan fingerprint density at radius 3 is 1.86 bits per heavy atom. The van der Waals surface area contributed by atoms with Crippen molar-refractivity contribution in [2.24, 2.45) is 17.8 Å². The van der Waals surface area contributed by atoms with Crippen molar-refractivity contribution in [1.29, 1.82) is 0 Å². The Labute approximate surface area is 227 Å². The number of unbranched alkanes of at least 4 members (excludes halogenated alkanes) is 1. The number of piperidine rings is 1. The highest BCUT2D eigenvalue weighted by atomic mass is 35.5. The SMILES string of the molecule is Cl.O=C(C(c1ccccc1)C1CCCCC1)N1CCC(CNCCCCNCC2CCCCC2)CC1. The van der Waals surface area contributed by atoms with Gasteiger partial charge in [0.25, 0.3) is 0 Å². The molecule has 1 saturated heterocycles. The summed E-state index contributed by atoms with van der Waals surface area (Å²) in [4.78, 5) is 15.9. The monoisotopic (exact) mass is 517 g/mol. The van der Waals surface area contributed by atoms with Crippen molar-refractivity contribution in [2.75, 3.05) is 39.3 Å². The second kappa shape index (κ2) is 16.7. The van der Waals surface area contributed by atoms with E-state index in [1.165, 1.54) is 95.7 Å². The van der Waals surface area contributed by atoms with Crippen molar-refractivity contribution in [3.05, 3.63) is 35.9 Å². The van der Waals surface area contributed by atoms with Crippen molar-refractivity contribution in [1.82, 2.24) is 15.5 Å². The van der Waals surface area contributed by atoms with E-state index in [0.717, 1.165) is 44.9 Å². The lowest BCUT2D eigenvalue weighted by molar-refractivity contribution is -0.135. The first-order valence-electron chi connectivity index (χ1n) is 15.1. The maximum Gasteiger partial charge on any atom is 0.230 e. The standard InChI is InChI=1S/C31H51N3O.ClH/c35-31(30(28-14-6-2-7-15-28)29-16-8-3-9-17-29)34-22-18-27(19-23-34)25-33-21-11-10-20-32-24-26-12-4-1-5-13-26;/h2,6-7,14-15,26-27,29-30,32-33H,1,3-5,8-13,16-25H2;1H. The minimum atomic E-state index is 0. The van der Waals surface area contributed by atoms with Crippen molar-refractivity contribution in [3.8, 4) is 0 Å². The van der Waals surface area contributed by atoms with Crippen LogP contribution in [0.2, 0.25) is 0 Å². The van der Waals surface area contributed by atoms with Gasteiger partial charge in [0.1, 0.15) is 0 Å². The quantitative estimate of drug-likeness (QED) is 0.309. The van der Waals surface area contributed by atoms with Crippen LogP contribution in [0.25, 0.3) is 0 Å². The smallest absolute Gasteiger partial charge is 0.230 e. The number of hydrogen-bond donors (Lipinski definition) is 2. The fraction of sp³-hybridized carbons (Fsp3) is 0.774. The fourth-order valence-electron chi connectivity index (χ4n) is 6.80. The van der Waals surface area contributed by atoms with Gasteiger partial charge in [-0.1, -0.05) is 68.9 Å². The molecule has 1 aromatic rings. The number of rotatable bonds is 12. The van der Waals surface area contributed by atoms with Crippen LogP contribution >= 0.6 is 12.4 Å². The molecule has 3 aliphatic rings. The van der Waals surface area contributed by atoms with Gasteiger partial charge in [-0.25, -0.2) is 0 Å². The van der Waals surface area contributed by atoms with E-state index in [0.29, 0.717) is 17.7 Å².